The third-order valence-electron chi connectivity index (χ3n) is 3.96. The summed E-state index contributed by atoms with van der Waals surface area (Å²) in [5, 5.41) is 6.92. The van der Waals surface area contributed by atoms with Crippen molar-refractivity contribution in [1.29, 1.82) is 0 Å². The average Bonchev–Trinajstić information content (AvgIpc) is 3.06. The van der Waals surface area contributed by atoms with E-state index in [1.807, 2.05) is 42.1 Å². The summed E-state index contributed by atoms with van der Waals surface area (Å²) in [5.41, 5.74) is 1.89. The second-order valence-electron chi connectivity index (χ2n) is 5.75. The highest BCUT2D eigenvalue weighted by molar-refractivity contribution is 7.08. The Labute approximate surface area is 134 Å². The molecule has 1 N–H and O–H groups in total. The predicted octanol–water partition coefficient (Wildman–Crippen LogP) is 3.57. The van der Waals surface area contributed by atoms with Gasteiger partial charge >= 0.3 is 0 Å². The van der Waals surface area contributed by atoms with Crippen LogP contribution in [-0.4, -0.2) is 23.0 Å². The Bertz CT molecular complexity index is 602. The molecule has 0 radical (unpaired) electrons. The van der Waals surface area contributed by atoms with Crippen LogP contribution in [0, 0.1) is 6.92 Å². The average molecular weight is 316 g/mol. The van der Waals surface area contributed by atoms with Crippen molar-refractivity contribution in [3.63, 3.8) is 0 Å². The summed E-state index contributed by atoms with van der Waals surface area (Å²) in [6.07, 6.45) is 5.82. The van der Waals surface area contributed by atoms with Crippen molar-refractivity contribution >= 4 is 17.2 Å². The van der Waals surface area contributed by atoms with Crippen LogP contribution in [0.5, 0.6) is 5.88 Å². The number of carbonyl (C=O) groups excluding carboxylic acids is 1. The van der Waals surface area contributed by atoms with Gasteiger partial charge in [0.1, 0.15) is 6.10 Å². The van der Waals surface area contributed by atoms with Crippen LogP contribution in [0.1, 0.15) is 41.6 Å². The van der Waals surface area contributed by atoms with Gasteiger partial charge in [-0.2, -0.15) is 11.3 Å². The molecular formula is C17H20N2O2S. The molecule has 0 aliphatic heterocycles. The zero-order valence-electron chi connectivity index (χ0n) is 12.6. The quantitative estimate of drug-likeness (QED) is 0.938. The van der Waals surface area contributed by atoms with Crippen molar-refractivity contribution in [2.75, 3.05) is 0 Å². The molecule has 5 heteroatoms. The summed E-state index contributed by atoms with van der Waals surface area (Å²) in [6, 6.07) is 6.03. The zero-order valence-corrected chi connectivity index (χ0v) is 13.4. The minimum Gasteiger partial charge on any atom is -0.474 e. The first kappa shape index (κ1) is 15.0. The number of aromatic nitrogens is 1. The Balaban J connectivity index is 1.46. The van der Waals surface area contributed by atoms with Gasteiger partial charge in [-0.15, -0.1) is 0 Å². The molecule has 0 saturated heterocycles. The largest absolute Gasteiger partial charge is 0.474 e. The SMILES string of the molecule is Cc1ccc(OC2CCC(NC(=O)c3ccsc3)CC2)nc1. The fourth-order valence-electron chi connectivity index (χ4n) is 2.68. The molecule has 2 aromatic rings. The maximum atomic E-state index is 12.0. The molecule has 3 rings (SSSR count). The Kier molecular flexibility index (Phi) is 4.73. The number of nitrogens with one attached hydrogen (secondary N) is 1. The Morgan fingerprint density at radius 3 is 2.73 bits per heavy atom. The number of ether oxygens (including phenoxy) is 1. The number of hydrogen-bond acceptors (Lipinski definition) is 4. The summed E-state index contributed by atoms with van der Waals surface area (Å²) in [4.78, 5) is 16.3. The van der Waals surface area contributed by atoms with Gasteiger partial charge in [0.15, 0.2) is 0 Å². The van der Waals surface area contributed by atoms with Crippen LogP contribution in [0.4, 0.5) is 0 Å². The molecular weight excluding hydrogens is 296 g/mol. The molecule has 0 spiro atoms. The molecule has 22 heavy (non-hydrogen) atoms. The van der Waals surface area contributed by atoms with Crippen LogP contribution in [0.25, 0.3) is 0 Å². The van der Waals surface area contributed by atoms with Gasteiger partial charge in [-0.05, 0) is 49.6 Å². The smallest absolute Gasteiger partial charge is 0.252 e. The summed E-state index contributed by atoms with van der Waals surface area (Å²) >= 11 is 1.54. The van der Waals surface area contributed by atoms with Crippen molar-refractivity contribution in [3.8, 4) is 5.88 Å². The van der Waals surface area contributed by atoms with Crippen molar-refractivity contribution in [2.24, 2.45) is 0 Å². The van der Waals surface area contributed by atoms with Gasteiger partial charge in [0.25, 0.3) is 5.91 Å². The molecule has 1 aliphatic rings. The molecule has 2 heterocycles. The molecule has 0 atom stereocenters. The van der Waals surface area contributed by atoms with Crippen molar-refractivity contribution in [1.82, 2.24) is 10.3 Å². The number of amides is 1. The van der Waals surface area contributed by atoms with E-state index in [0.717, 1.165) is 36.8 Å². The second kappa shape index (κ2) is 6.92. The lowest BCUT2D eigenvalue weighted by Crippen LogP contribution is -2.39. The van der Waals surface area contributed by atoms with E-state index < -0.39 is 0 Å². The van der Waals surface area contributed by atoms with Gasteiger partial charge in [-0.1, -0.05) is 6.07 Å². The summed E-state index contributed by atoms with van der Waals surface area (Å²) in [6.45, 7) is 2.01. The second-order valence-corrected chi connectivity index (χ2v) is 6.53. The monoisotopic (exact) mass is 316 g/mol. The van der Waals surface area contributed by atoms with Crippen LogP contribution in [0.15, 0.2) is 35.2 Å². The van der Waals surface area contributed by atoms with E-state index in [1.54, 1.807) is 11.3 Å². The first-order chi connectivity index (χ1) is 10.7. The Morgan fingerprint density at radius 1 is 1.27 bits per heavy atom. The molecule has 0 unspecified atom stereocenters. The maximum absolute atomic E-state index is 12.0. The highest BCUT2D eigenvalue weighted by Gasteiger charge is 2.24. The molecule has 1 fully saturated rings. The maximum Gasteiger partial charge on any atom is 0.252 e. The first-order valence-electron chi connectivity index (χ1n) is 7.63. The molecule has 0 bridgehead atoms. The van der Waals surface area contributed by atoms with Crippen molar-refractivity contribution in [3.05, 3.63) is 46.3 Å². The number of carbonyl (C=O) groups is 1. The van der Waals surface area contributed by atoms with Gasteiger partial charge in [0, 0.05) is 29.2 Å². The molecule has 1 aliphatic carbocycles. The molecule has 1 saturated carbocycles. The Morgan fingerprint density at radius 2 is 2.09 bits per heavy atom. The van der Waals surface area contributed by atoms with E-state index in [-0.39, 0.29) is 18.1 Å². The van der Waals surface area contributed by atoms with Gasteiger partial charge in [0.05, 0.1) is 0 Å². The Hall–Kier alpha value is -1.88. The van der Waals surface area contributed by atoms with Gasteiger partial charge < -0.3 is 10.1 Å². The van der Waals surface area contributed by atoms with Crippen LogP contribution < -0.4 is 10.1 Å². The summed E-state index contributed by atoms with van der Waals surface area (Å²) in [7, 11) is 0. The normalized spacial score (nSPS) is 21.3. The van der Waals surface area contributed by atoms with E-state index in [2.05, 4.69) is 10.3 Å². The third-order valence-corrected chi connectivity index (χ3v) is 4.65. The van der Waals surface area contributed by atoms with Crippen molar-refractivity contribution < 1.29 is 9.53 Å². The highest BCUT2D eigenvalue weighted by Crippen LogP contribution is 2.23. The van der Waals surface area contributed by atoms with Gasteiger partial charge in [-0.3, -0.25) is 4.79 Å². The van der Waals surface area contributed by atoms with Crippen LogP contribution in [0.2, 0.25) is 0 Å². The highest BCUT2D eigenvalue weighted by atomic mass is 32.1. The number of hydrogen-bond donors (Lipinski definition) is 1. The minimum absolute atomic E-state index is 0.0332. The van der Waals surface area contributed by atoms with E-state index in [9.17, 15) is 4.79 Å². The van der Waals surface area contributed by atoms with Crippen molar-refractivity contribution in [2.45, 2.75) is 44.8 Å². The van der Waals surface area contributed by atoms with Crippen LogP contribution in [0.3, 0.4) is 0 Å². The first-order valence-corrected chi connectivity index (χ1v) is 8.57. The molecule has 116 valence electrons. The van der Waals surface area contributed by atoms with E-state index in [4.69, 9.17) is 4.74 Å². The zero-order chi connectivity index (χ0) is 15.4. The van der Waals surface area contributed by atoms with Crippen LogP contribution >= 0.6 is 11.3 Å². The number of pyridine rings is 1. The fraction of sp³-hybridized carbons (Fsp3) is 0.412. The molecule has 0 aromatic carbocycles. The number of thiophene rings is 1. The van der Waals surface area contributed by atoms with Gasteiger partial charge in [0.2, 0.25) is 5.88 Å². The summed E-state index contributed by atoms with van der Waals surface area (Å²) < 4.78 is 5.91. The lowest BCUT2D eigenvalue weighted by Gasteiger charge is -2.29. The topological polar surface area (TPSA) is 51.2 Å². The minimum atomic E-state index is 0.0332. The molecule has 4 nitrogen and oxygen atoms in total. The standard InChI is InChI=1S/C17H20N2O2S/c1-12-2-7-16(18-10-12)21-15-5-3-14(4-6-15)19-17(20)13-8-9-22-11-13/h2,7-11,14-15H,3-6H2,1H3,(H,19,20). The number of nitrogens with zero attached hydrogens (tertiary/aromatic N) is 1. The van der Waals surface area contributed by atoms with Crippen LogP contribution in [-0.2, 0) is 0 Å². The molecule has 2 aromatic heterocycles. The van der Waals surface area contributed by atoms with E-state index >= 15 is 0 Å². The summed E-state index contributed by atoms with van der Waals surface area (Å²) in [5.74, 6) is 0.724. The lowest BCUT2D eigenvalue weighted by molar-refractivity contribution is 0.0890. The van der Waals surface area contributed by atoms with E-state index in [1.165, 1.54) is 0 Å². The third kappa shape index (κ3) is 3.85. The fourth-order valence-corrected chi connectivity index (χ4v) is 3.32. The lowest BCUT2D eigenvalue weighted by atomic mass is 9.93. The number of rotatable bonds is 4. The van der Waals surface area contributed by atoms with Gasteiger partial charge in [-0.25, -0.2) is 4.98 Å². The van der Waals surface area contributed by atoms with E-state index in [0.29, 0.717) is 5.88 Å². The predicted molar refractivity (Wildman–Crippen MR) is 87.4 cm³/mol. The molecule has 1 amide bonds. The number of aryl methyl sites for hydroxylation is 1.